The van der Waals surface area contributed by atoms with Crippen LogP contribution < -0.4 is 0 Å². The lowest BCUT2D eigenvalue weighted by molar-refractivity contribution is -0.174. The highest BCUT2D eigenvalue weighted by Gasteiger charge is 2.47. The fourth-order valence-electron chi connectivity index (χ4n) is 2.81. The van der Waals surface area contributed by atoms with Crippen LogP contribution in [0.1, 0.15) is 30.0 Å². The summed E-state index contributed by atoms with van der Waals surface area (Å²) in [5, 5.41) is 9.38. The number of morpholine rings is 1. The molecule has 1 aliphatic heterocycles. The summed E-state index contributed by atoms with van der Waals surface area (Å²) >= 11 is 0. The number of carboxylic acids is 1. The van der Waals surface area contributed by atoms with Crippen LogP contribution in [0.4, 0.5) is 0 Å². The van der Waals surface area contributed by atoms with E-state index >= 15 is 0 Å². The molecule has 1 N–H and O–H groups in total. The summed E-state index contributed by atoms with van der Waals surface area (Å²) in [5.41, 5.74) is 1.87. The number of aryl methyl sites for hydroxylation is 1. The predicted octanol–water partition coefficient (Wildman–Crippen LogP) is 1.51. The van der Waals surface area contributed by atoms with Crippen LogP contribution in [0.15, 0.2) is 24.3 Å². The first kappa shape index (κ1) is 13.1. The number of carbonyl (C=O) groups excluding carboxylic acids is 1. The van der Waals surface area contributed by atoms with E-state index in [-0.39, 0.29) is 18.6 Å². The number of ether oxygens (including phenoxy) is 1. The van der Waals surface area contributed by atoms with Crippen LogP contribution in [0, 0.1) is 6.92 Å². The highest BCUT2D eigenvalue weighted by atomic mass is 16.5. The molecule has 0 bridgehead atoms. The van der Waals surface area contributed by atoms with E-state index in [1.807, 2.05) is 31.2 Å². The van der Waals surface area contributed by atoms with Crippen LogP contribution in [-0.4, -0.2) is 40.6 Å². The molecule has 0 aromatic heterocycles. The van der Waals surface area contributed by atoms with Gasteiger partial charge in [0.1, 0.15) is 6.61 Å². The highest BCUT2D eigenvalue weighted by Crippen LogP contribution is 2.39. The molecule has 2 unspecified atom stereocenters. The van der Waals surface area contributed by atoms with Crippen molar-refractivity contribution in [3.63, 3.8) is 0 Å². The fourth-order valence-corrected chi connectivity index (χ4v) is 2.81. The van der Waals surface area contributed by atoms with Crippen LogP contribution in [0.25, 0.3) is 0 Å². The molecule has 5 nitrogen and oxygen atoms in total. The minimum atomic E-state index is -1.02. The van der Waals surface area contributed by atoms with Crippen LogP contribution in [0.2, 0.25) is 0 Å². The van der Waals surface area contributed by atoms with Crippen molar-refractivity contribution in [2.45, 2.75) is 38.0 Å². The zero-order valence-corrected chi connectivity index (χ0v) is 11.3. The van der Waals surface area contributed by atoms with Crippen LogP contribution in [0.5, 0.6) is 0 Å². The molecule has 3 rings (SSSR count). The minimum absolute atomic E-state index is 0.114. The van der Waals surface area contributed by atoms with Gasteiger partial charge in [-0.3, -0.25) is 4.79 Å². The molecule has 1 aromatic rings. The van der Waals surface area contributed by atoms with Gasteiger partial charge >= 0.3 is 5.97 Å². The minimum Gasteiger partial charge on any atom is -0.479 e. The van der Waals surface area contributed by atoms with Gasteiger partial charge in [-0.2, -0.15) is 0 Å². The van der Waals surface area contributed by atoms with Gasteiger partial charge in [-0.1, -0.05) is 29.8 Å². The van der Waals surface area contributed by atoms with E-state index in [2.05, 4.69) is 0 Å². The van der Waals surface area contributed by atoms with Crippen molar-refractivity contribution in [1.29, 1.82) is 0 Å². The summed E-state index contributed by atoms with van der Waals surface area (Å²) in [7, 11) is 0. The highest BCUT2D eigenvalue weighted by molar-refractivity contribution is 5.83. The Hall–Kier alpha value is -1.88. The summed E-state index contributed by atoms with van der Waals surface area (Å²) in [6.45, 7) is 1.81. The van der Waals surface area contributed by atoms with Crippen molar-refractivity contribution < 1.29 is 19.4 Å². The maximum absolute atomic E-state index is 12.1. The molecule has 2 fully saturated rings. The molecule has 20 heavy (non-hydrogen) atoms. The Labute approximate surface area is 117 Å². The summed E-state index contributed by atoms with van der Waals surface area (Å²) < 4.78 is 5.28. The molecule has 1 saturated carbocycles. The summed E-state index contributed by atoms with van der Waals surface area (Å²) in [4.78, 5) is 25.3. The lowest BCUT2D eigenvalue weighted by Crippen LogP contribution is -2.52. The number of amides is 1. The maximum atomic E-state index is 12.1. The Balaban J connectivity index is 2.02. The van der Waals surface area contributed by atoms with Crippen molar-refractivity contribution in [3.05, 3.63) is 35.4 Å². The zero-order valence-electron chi connectivity index (χ0n) is 11.3. The number of hydrogen-bond donors (Lipinski definition) is 1. The van der Waals surface area contributed by atoms with Gasteiger partial charge < -0.3 is 14.7 Å². The summed E-state index contributed by atoms with van der Waals surface area (Å²) in [6.07, 6.45) is 0.899. The summed E-state index contributed by atoms with van der Waals surface area (Å²) in [5.74, 6) is -1.13. The van der Waals surface area contributed by atoms with Crippen molar-refractivity contribution in [3.8, 4) is 0 Å². The van der Waals surface area contributed by atoms with Crippen molar-refractivity contribution in [2.75, 3.05) is 6.61 Å². The topological polar surface area (TPSA) is 66.8 Å². The van der Waals surface area contributed by atoms with Gasteiger partial charge in [-0.25, -0.2) is 4.79 Å². The van der Waals surface area contributed by atoms with Crippen LogP contribution in [0.3, 0.4) is 0 Å². The predicted molar refractivity (Wildman–Crippen MR) is 71.2 cm³/mol. The maximum Gasteiger partial charge on any atom is 0.335 e. The molecule has 5 heteroatoms. The number of benzene rings is 1. The SMILES string of the molecule is Cc1cccc(C2C(C(=O)O)OCC(=O)N2C2CC2)c1. The zero-order chi connectivity index (χ0) is 14.3. The smallest absolute Gasteiger partial charge is 0.335 e. The normalized spacial score (nSPS) is 26.6. The molecule has 2 aliphatic rings. The third-order valence-corrected chi connectivity index (χ3v) is 3.83. The lowest BCUT2D eigenvalue weighted by Gasteiger charge is -2.39. The molecule has 0 spiro atoms. The largest absolute Gasteiger partial charge is 0.479 e. The Bertz CT molecular complexity index is 553. The average Bonchev–Trinajstić information content (AvgIpc) is 3.22. The summed E-state index contributed by atoms with van der Waals surface area (Å²) in [6, 6.07) is 7.27. The number of carbonyl (C=O) groups is 2. The van der Waals surface area contributed by atoms with Crippen LogP contribution in [-0.2, 0) is 14.3 Å². The third-order valence-electron chi connectivity index (χ3n) is 3.83. The third kappa shape index (κ3) is 2.29. The Kier molecular flexibility index (Phi) is 3.22. The Morgan fingerprint density at radius 3 is 2.75 bits per heavy atom. The molecule has 1 heterocycles. The Morgan fingerprint density at radius 1 is 1.40 bits per heavy atom. The molecular formula is C15H17NO4. The quantitative estimate of drug-likeness (QED) is 0.908. The van der Waals surface area contributed by atoms with Gasteiger partial charge in [0.15, 0.2) is 6.10 Å². The molecule has 1 saturated heterocycles. The van der Waals surface area contributed by atoms with E-state index in [1.165, 1.54) is 0 Å². The number of aliphatic carboxylic acids is 1. The van der Waals surface area contributed by atoms with E-state index in [1.54, 1.807) is 4.90 Å². The molecule has 1 amide bonds. The standard InChI is InChI=1S/C15H17NO4/c1-9-3-2-4-10(7-9)13-14(15(18)19)20-8-12(17)16(13)11-5-6-11/h2-4,7,11,13-14H,5-6,8H2,1H3,(H,18,19). The van der Waals surface area contributed by atoms with Gasteiger partial charge in [0.2, 0.25) is 5.91 Å². The lowest BCUT2D eigenvalue weighted by atomic mass is 9.96. The number of nitrogens with zero attached hydrogens (tertiary/aromatic N) is 1. The molecule has 0 radical (unpaired) electrons. The molecule has 1 aliphatic carbocycles. The molecule has 2 atom stereocenters. The molecular weight excluding hydrogens is 258 g/mol. The van der Waals surface area contributed by atoms with E-state index < -0.39 is 18.1 Å². The van der Waals surface area contributed by atoms with E-state index in [0.29, 0.717) is 0 Å². The first-order chi connectivity index (χ1) is 9.58. The van der Waals surface area contributed by atoms with Crippen LogP contribution >= 0.6 is 0 Å². The van der Waals surface area contributed by atoms with Crippen molar-refractivity contribution >= 4 is 11.9 Å². The molecule has 1 aromatic carbocycles. The first-order valence-electron chi connectivity index (χ1n) is 6.80. The van der Waals surface area contributed by atoms with Gasteiger partial charge in [0, 0.05) is 6.04 Å². The van der Waals surface area contributed by atoms with Gasteiger partial charge in [0.05, 0.1) is 6.04 Å². The second kappa shape index (κ2) is 4.90. The van der Waals surface area contributed by atoms with Crippen molar-refractivity contribution in [2.24, 2.45) is 0 Å². The first-order valence-corrected chi connectivity index (χ1v) is 6.80. The number of hydrogen-bond acceptors (Lipinski definition) is 3. The van der Waals surface area contributed by atoms with E-state index in [4.69, 9.17) is 4.74 Å². The van der Waals surface area contributed by atoms with Crippen molar-refractivity contribution in [1.82, 2.24) is 4.90 Å². The van der Waals surface area contributed by atoms with E-state index in [9.17, 15) is 14.7 Å². The number of rotatable bonds is 3. The molecule has 106 valence electrons. The number of carboxylic acid groups (broad SMARTS) is 1. The fraction of sp³-hybridized carbons (Fsp3) is 0.467. The van der Waals surface area contributed by atoms with E-state index in [0.717, 1.165) is 24.0 Å². The van der Waals surface area contributed by atoms with Gasteiger partial charge in [0.25, 0.3) is 0 Å². The van der Waals surface area contributed by atoms with Gasteiger partial charge in [-0.15, -0.1) is 0 Å². The Morgan fingerprint density at radius 2 is 2.15 bits per heavy atom. The average molecular weight is 275 g/mol. The second-order valence-electron chi connectivity index (χ2n) is 5.46. The second-order valence-corrected chi connectivity index (χ2v) is 5.46. The van der Waals surface area contributed by atoms with Gasteiger partial charge in [-0.05, 0) is 25.3 Å². The monoisotopic (exact) mass is 275 g/mol.